The number of benzene rings is 7. The van der Waals surface area contributed by atoms with Crippen molar-refractivity contribution in [1.29, 1.82) is 0 Å². The van der Waals surface area contributed by atoms with Gasteiger partial charge in [-0.3, -0.25) is 4.99 Å². The predicted molar refractivity (Wildman–Crippen MR) is 213 cm³/mol. The molecule has 0 aliphatic carbocycles. The fourth-order valence-electron chi connectivity index (χ4n) is 7.95. The largest absolute Gasteiger partial charge is 0.456 e. The standard InChI is InChI=1S/C47H29N3O2/c1-28-45(30-19-22-36-35-15-7-10-18-41(35)51-43(36)25-30)48-47(29-11-3-2-4-12-29)49-46(28)31-20-23-37-38-27-32(21-24-42(38)52-44(37)26-31)50-39-16-8-5-13-33(39)34-14-6-9-17-40(34)50/h2-27,46H,1H2. The summed E-state index contributed by atoms with van der Waals surface area (Å²) < 4.78 is 15.1. The van der Waals surface area contributed by atoms with Crippen LogP contribution in [0.1, 0.15) is 22.7 Å². The minimum atomic E-state index is -0.361. The number of hydrogen-bond donors (Lipinski definition) is 0. The number of hydrogen-bond acceptors (Lipinski definition) is 4. The molecule has 10 aromatic rings. The predicted octanol–water partition coefficient (Wildman–Crippen LogP) is 12.1. The molecule has 0 N–H and O–H groups in total. The molecule has 1 aliphatic rings. The highest BCUT2D eigenvalue weighted by molar-refractivity contribution is 6.23. The van der Waals surface area contributed by atoms with Crippen molar-refractivity contribution in [3.05, 3.63) is 187 Å². The van der Waals surface area contributed by atoms with Crippen molar-refractivity contribution in [3.63, 3.8) is 0 Å². The SMILES string of the molecule is C=C1C(c2ccc3c(c2)oc2ccccc23)=NC(c2ccccc2)=NC1c1ccc2c(c1)oc1ccc(-n3c4ccccc4c4ccccc43)cc12. The maximum absolute atomic E-state index is 6.54. The summed E-state index contributed by atoms with van der Waals surface area (Å²) in [4.78, 5) is 10.3. The van der Waals surface area contributed by atoms with E-state index in [9.17, 15) is 0 Å². The molecule has 4 heterocycles. The molecule has 1 unspecified atom stereocenters. The van der Waals surface area contributed by atoms with Crippen LogP contribution < -0.4 is 0 Å². The lowest BCUT2D eigenvalue weighted by atomic mass is 9.90. The summed E-state index contributed by atoms with van der Waals surface area (Å²) in [5.41, 5.74) is 11.3. The number of furan rings is 2. The van der Waals surface area contributed by atoms with E-state index in [0.717, 1.165) is 77.5 Å². The fraction of sp³-hybridized carbons (Fsp3) is 0.0213. The van der Waals surface area contributed by atoms with E-state index in [1.54, 1.807) is 0 Å². The van der Waals surface area contributed by atoms with Crippen LogP contribution in [0.25, 0.3) is 71.4 Å². The number of aromatic nitrogens is 1. The van der Waals surface area contributed by atoms with E-state index in [-0.39, 0.29) is 6.04 Å². The van der Waals surface area contributed by atoms with Gasteiger partial charge >= 0.3 is 0 Å². The summed E-state index contributed by atoms with van der Waals surface area (Å²) in [5, 5.41) is 6.77. The van der Waals surface area contributed by atoms with E-state index >= 15 is 0 Å². The highest BCUT2D eigenvalue weighted by Crippen LogP contribution is 2.39. The van der Waals surface area contributed by atoms with Crippen LogP contribution in [-0.4, -0.2) is 16.1 Å². The zero-order valence-electron chi connectivity index (χ0n) is 28.0. The third kappa shape index (κ3) is 4.29. The van der Waals surface area contributed by atoms with Gasteiger partial charge in [-0.2, -0.15) is 0 Å². The highest BCUT2D eigenvalue weighted by Gasteiger charge is 2.27. The summed E-state index contributed by atoms with van der Waals surface area (Å²) >= 11 is 0. The Morgan fingerprint density at radius 2 is 1.10 bits per heavy atom. The molecule has 1 aliphatic heterocycles. The van der Waals surface area contributed by atoms with Crippen molar-refractivity contribution in [1.82, 2.24) is 4.57 Å². The van der Waals surface area contributed by atoms with Crippen LogP contribution in [0.5, 0.6) is 0 Å². The van der Waals surface area contributed by atoms with Gasteiger partial charge < -0.3 is 13.4 Å². The normalized spacial score (nSPS) is 15.0. The second-order valence-electron chi connectivity index (χ2n) is 13.4. The maximum atomic E-state index is 6.54. The molecule has 7 aromatic carbocycles. The van der Waals surface area contributed by atoms with Crippen molar-refractivity contribution >= 4 is 77.2 Å². The quantitative estimate of drug-likeness (QED) is 0.188. The zero-order valence-corrected chi connectivity index (χ0v) is 28.0. The van der Waals surface area contributed by atoms with Crippen molar-refractivity contribution in [2.24, 2.45) is 9.98 Å². The first-order valence-electron chi connectivity index (χ1n) is 17.5. The van der Waals surface area contributed by atoms with E-state index in [1.165, 1.54) is 21.8 Å². The van der Waals surface area contributed by atoms with E-state index in [2.05, 4.69) is 120 Å². The average Bonchev–Trinajstić information content (AvgIpc) is 3.87. The summed E-state index contributed by atoms with van der Waals surface area (Å²) in [7, 11) is 0. The number of fused-ring (bicyclic) bond motifs is 9. The Labute approximate surface area is 298 Å². The molecular weight excluding hydrogens is 639 g/mol. The first-order chi connectivity index (χ1) is 25.7. The van der Waals surface area contributed by atoms with Gasteiger partial charge in [0.2, 0.25) is 0 Å². The molecule has 0 fully saturated rings. The molecule has 0 bridgehead atoms. The molecule has 1 atom stereocenters. The van der Waals surface area contributed by atoms with Crippen LogP contribution in [0.15, 0.2) is 189 Å². The average molecular weight is 668 g/mol. The van der Waals surface area contributed by atoms with Gasteiger partial charge in [-0.25, -0.2) is 4.99 Å². The van der Waals surface area contributed by atoms with Crippen LogP contribution in [0, 0.1) is 0 Å². The molecule has 0 saturated heterocycles. The van der Waals surface area contributed by atoms with E-state index in [1.807, 2.05) is 48.5 Å². The number of nitrogens with zero attached hydrogens (tertiary/aromatic N) is 3. The summed E-state index contributed by atoms with van der Waals surface area (Å²) in [5.74, 6) is 0.665. The molecule has 244 valence electrons. The van der Waals surface area contributed by atoms with Gasteiger partial charge in [-0.05, 0) is 60.2 Å². The van der Waals surface area contributed by atoms with Crippen molar-refractivity contribution < 1.29 is 8.83 Å². The zero-order chi connectivity index (χ0) is 34.3. The van der Waals surface area contributed by atoms with Gasteiger partial charge in [0, 0.05) is 54.7 Å². The molecular formula is C47H29N3O2. The monoisotopic (exact) mass is 667 g/mol. The van der Waals surface area contributed by atoms with Gasteiger partial charge in [-0.1, -0.05) is 110 Å². The maximum Gasteiger partial charge on any atom is 0.156 e. The minimum Gasteiger partial charge on any atom is -0.456 e. The Kier molecular flexibility index (Phi) is 6.10. The van der Waals surface area contributed by atoms with Crippen LogP contribution in [0.4, 0.5) is 0 Å². The van der Waals surface area contributed by atoms with Crippen molar-refractivity contribution in [3.8, 4) is 5.69 Å². The molecule has 0 amide bonds. The Morgan fingerprint density at radius 3 is 1.88 bits per heavy atom. The molecule has 0 radical (unpaired) electrons. The lowest BCUT2D eigenvalue weighted by Gasteiger charge is -2.24. The second-order valence-corrected chi connectivity index (χ2v) is 13.4. The van der Waals surface area contributed by atoms with Crippen molar-refractivity contribution in [2.75, 3.05) is 0 Å². The third-order valence-electron chi connectivity index (χ3n) is 10.4. The van der Waals surface area contributed by atoms with Crippen LogP contribution in [0.3, 0.4) is 0 Å². The molecule has 5 heteroatoms. The van der Waals surface area contributed by atoms with Gasteiger partial charge in [0.1, 0.15) is 28.4 Å². The lowest BCUT2D eigenvalue weighted by molar-refractivity contribution is 0.667. The number of rotatable bonds is 4. The fourth-order valence-corrected chi connectivity index (χ4v) is 7.95. The van der Waals surface area contributed by atoms with Crippen LogP contribution in [0.2, 0.25) is 0 Å². The number of amidine groups is 1. The smallest absolute Gasteiger partial charge is 0.156 e. The van der Waals surface area contributed by atoms with Gasteiger partial charge in [-0.15, -0.1) is 0 Å². The Bertz CT molecular complexity index is 3100. The van der Waals surface area contributed by atoms with Gasteiger partial charge in [0.05, 0.1) is 16.7 Å². The first kappa shape index (κ1) is 28.8. The molecule has 5 nitrogen and oxygen atoms in total. The summed E-state index contributed by atoms with van der Waals surface area (Å²) in [6.07, 6.45) is 0. The third-order valence-corrected chi connectivity index (χ3v) is 10.4. The Hall–Kier alpha value is -6.98. The van der Waals surface area contributed by atoms with Crippen molar-refractivity contribution in [2.45, 2.75) is 6.04 Å². The first-order valence-corrected chi connectivity index (χ1v) is 17.5. The highest BCUT2D eigenvalue weighted by atomic mass is 16.3. The van der Waals surface area contributed by atoms with Gasteiger partial charge in [0.25, 0.3) is 0 Å². The molecule has 11 rings (SSSR count). The summed E-state index contributed by atoms with van der Waals surface area (Å²) in [6.45, 7) is 4.59. The Balaban J connectivity index is 1.03. The van der Waals surface area contributed by atoms with E-state index in [4.69, 9.17) is 18.8 Å². The van der Waals surface area contributed by atoms with Crippen LogP contribution >= 0.6 is 0 Å². The Morgan fingerprint density at radius 1 is 0.481 bits per heavy atom. The number of aliphatic imine (C=N–C) groups is 2. The topological polar surface area (TPSA) is 55.9 Å². The number of para-hydroxylation sites is 3. The molecule has 0 saturated carbocycles. The second kappa shape index (κ2) is 11.0. The lowest BCUT2D eigenvalue weighted by Crippen LogP contribution is -2.20. The van der Waals surface area contributed by atoms with E-state index in [0.29, 0.717) is 5.84 Å². The van der Waals surface area contributed by atoms with Gasteiger partial charge in [0.15, 0.2) is 5.84 Å². The summed E-state index contributed by atoms with van der Waals surface area (Å²) in [6, 6.07) is 54.2. The molecule has 52 heavy (non-hydrogen) atoms. The molecule has 0 spiro atoms. The molecule has 3 aromatic heterocycles. The van der Waals surface area contributed by atoms with Crippen LogP contribution in [-0.2, 0) is 0 Å². The minimum absolute atomic E-state index is 0.361. The van der Waals surface area contributed by atoms with E-state index < -0.39 is 0 Å².